The third-order valence-corrected chi connectivity index (χ3v) is 2.46. The lowest BCUT2D eigenvalue weighted by Gasteiger charge is -2.05. The van der Waals surface area contributed by atoms with Gasteiger partial charge in [-0.05, 0) is 22.8 Å². The first-order valence-electron chi connectivity index (χ1n) is 4.98. The molecule has 0 bridgehead atoms. The van der Waals surface area contributed by atoms with Gasteiger partial charge in [0.05, 0.1) is 6.04 Å². The Kier molecular flexibility index (Phi) is 2.79. The number of aldehydes is 1. The van der Waals surface area contributed by atoms with Gasteiger partial charge in [0.15, 0.2) is 0 Å². The van der Waals surface area contributed by atoms with Crippen molar-refractivity contribution >= 4 is 17.1 Å². The number of hydrogen-bond acceptors (Lipinski definition) is 2. The topological polar surface area (TPSA) is 43.1 Å². The van der Waals surface area contributed by atoms with Crippen molar-refractivity contribution in [1.82, 2.24) is 0 Å². The Morgan fingerprint density at radius 3 is 2.60 bits per heavy atom. The summed E-state index contributed by atoms with van der Waals surface area (Å²) in [5, 5.41) is 2.40. The Balaban J connectivity index is 2.34. The molecule has 76 valence electrons. The highest BCUT2D eigenvalue weighted by atomic mass is 16.1. The zero-order valence-electron chi connectivity index (χ0n) is 8.39. The van der Waals surface area contributed by atoms with Gasteiger partial charge in [-0.15, -0.1) is 0 Å². The fraction of sp³-hybridized carbons (Fsp3) is 0.154. The Labute approximate surface area is 88.7 Å². The molecule has 2 N–H and O–H groups in total. The molecule has 0 spiro atoms. The molecule has 0 aliphatic heterocycles. The first-order valence-corrected chi connectivity index (χ1v) is 4.98. The fourth-order valence-corrected chi connectivity index (χ4v) is 1.69. The predicted octanol–water partition coefficient (Wildman–Crippen LogP) is 1.91. The highest BCUT2D eigenvalue weighted by Gasteiger charge is 2.02. The molecule has 2 nitrogen and oxygen atoms in total. The van der Waals surface area contributed by atoms with E-state index in [2.05, 4.69) is 24.3 Å². The summed E-state index contributed by atoms with van der Waals surface area (Å²) in [6.45, 7) is 0. The summed E-state index contributed by atoms with van der Waals surface area (Å²) in [6, 6.07) is 13.9. The van der Waals surface area contributed by atoms with E-state index in [0.29, 0.717) is 6.42 Å². The van der Waals surface area contributed by atoms with Crippen LogP contribution in [-0.2, 0) is 11.2 Å². The molecule has 2 rings (SSSR count). The number of fused-ring (bicyclic) bond motifs is 1. The Morgan fingerprint density at radius 2 is 1.87 bits per heavy atom. The van der Waals surface area contributed by atoms with Crippen molar-refractivity contribution in [3.05, 3.63) is 48.0 Å². The molecule has 0 radical (unpaired) electrons. The lowest BCUT2D eigenvalue weighted by Crippen LogP contribution is -2.23. The van der Waals surface area contributed by atoms with Crippen LogP contribution in [0.4, 0.5) is 0 Å². The number of carbonyl (C=O) groups is 1. The van der Waals surface area contributed by atoms with Crippen LogP contribution in [0.15, 0.2) is 42.5 Å². The SMILES string of the molecule is NC(C=O)Cc1ccc2ccccc2c1. The first-order chi connectivity index (χ1) is 7.29. The van der Waals surface area contributed by atoms with Crippen molar-refractivity contribution in [3.8, 4) is 0 Å². The van der Waals surface area contributed by atoms with Gasteiger partial charge in [0.2, 0.25) is 0 Å². The molecule has 15 heavy (non-hydrogen) atoms. The molecule has 1 atom stereocenters. The lowest BCUT2D eigenvalue weighted by atomic mass is 10.0. The average molecular weight is 199 g/mol. The van der Waals surface area contributed by atoms with Crippen LogP contribution >= 0.6 is 0 Å². The molecule has 2 aromatic carbocycles. The van der Waals surface area contributed by atoms with E-state index in [0.717, 1.165) is 11.8 Å². The maximum Gasteiger partial charge on any atom is 0.137 e. The van der Waals surface area contributed by atoms with Crippen LogP contribution in [0.2, 0.25) is 0 Å². The van der Waals surface area contributed by atoms with Crippen molar-refractivity contribution in [1.29, 1.82) is 0 Å². The van der Waals surface area contributed by atoms with Crippen LogP contribution in [0.3, 0.4) is 0 Å². The van der Waals surface area contributed by atoms with E-state index in [9.17, 15) is 4.79 Å². The second-order valence-corrected chi connectivity index (χ2v) is 3.69. The van der Waals surface area contributed by atoms with Crippen LogP contribution in [0, 0.1) is 0 Å². The summed E-state index contributed by atoms with van der Waals surface area (Å²) >= 11 is 0. The van der Waals surface area contributed by atoms with Gasteiger partial charge in [0.1, 0.15) is 6.29 Å². The Bertz CT molecular complexity index is 479. The molecule has 0 saturated heterocycles. The molecule has 0 heterocycles. The smallest absolute Gasteiger partial charge is 0.137 e. The molecule has 0 aromatic heterocycles. The average Bonchev–Trinajstić information content (AvgIpc) is 2.29. The predicted molar refractivity (Wildman–Crippen MR) is 61.7 cm³/mol. The van der Waals surface area contributed by atoms with E-state index >= 15 is 0 Å². The minimum absolute atomic E-state index is 0.397. The molecular formula is C13H13NO. The van der Waals surface area contributed by atoms with Crippen LogP contribution in [0.25, 0.3) is 10.8 Å². The van der Waals surface area contributed by atoms with Crippen LogP contribution < -0.4 is 5.73 Å². The lowest BCUT2D eigenvalue weighted by molar-refractivity contribution is -0.108. The Morgan fingerprint density at radius 1 is 1.13 bits per heavy atom. The van der Waals surface area contributed by atoms with E-state index < -0.39 is 6.04 Å². The highest BCUT2D eigenvalue weighted by Crippen LogP contribution is 2.16. The van der Waals surface area contributed by atoms with Gasteiger partial charge in [0.25, 0.3) is 0 Å². The van der Waals surface area contributed by atoms with Gasteiger partial charge in [-0.3, -0.25) is 0 Å². The normalized spacial score (nSPS) is 12.6. The molecule has 2 heteroatoms. The maximum atomic E-state index is 10.4. The molecule has 0 aliphatic rings. The molecule has 0 aliphatic carbocycles. The zero-order chi connectivity index (χ0) is 10.7. The van der Waals surface area contributed by atoms with Gasteiger partial charge >= 0.3 is 0 Å². The van der Waals surface area contributed by atoms with Gasteiger partial charge in [0, 0.05) is 0 Å². The number of hydrogen-bond donors (Lipinski definition) is 1. The largest absolute Gasteiger partial charge is 0.321 e. The quantitative estimate of drug-likeness (QED) is 0.767. The highest BCUT2D eigenvalue weighted by molar-refractivity contribution is 5.83. The second-order valence-electron chi connectivity index (χ2n) is 3.69. The maximum absolute atomic E-state index is 10.4. The number of carbonyl (C=O) groups excluding carboxylic acids is 1. The minimum Gasteiger partial charge on any atom is -0.321 e. The van der Waals surface area contributed by atoms with Crippen molar-refractivity contribution in [2.24, 2.45) is 5.73 Å². The van der Waals surface area contributed by atoms with E-state index in [1.807, 2.05) is 18.2 Å². The first kappa shape index (κ1) is 9.87. The molecule has 2 aromatic rings. The number of rotatable bonds is 3. The molecule has 0 amide bonds. The van der Waals surface area contributed by atoms with Crippen molar-refractivity contribution in [2.75, 3.05) is 0 Å². The van der Waals surface area contributed by atoms with Crippen LogP contribution in [0.5, 0.6) is 0 Å². The summed E-state index contributed by atoms with van der Waals surface area (Å²) in [5.74, 6) is 0. The monoisotopic (exact) mass is 199 g/mol. The zero-order valence-corrected chi connectivity index (χ0v) is 8.39. The van der Waals surface area contributed by atoms with E-state index in [1.54, 1.807) is 0 Å². The van der Waals surface area contributed by atoms with Crippen molar-refractivity contribution in [2.45, 2.75) is 12.5 Å². The summed E-state index contributed by atoms with van der Waals surface area (Å²) in [7, 11) is 0. The van der Waals surface area contributed by atoms with Gasteiger partial charge in [-0.2, -0.15) is 0 Å². The van der Waals surface area contributed by atoms with E-state index in [4.69, 9.17) is 5.73 Å². The molecular weight excluding hydrogens is 186 g/mol. The molecule has 0 fully saturated rings. The van der Waals surface area contributed by atoms with Crippen LogP contribution in [0.1, 0.15) is 5.56 Å². The van der Waals surface area contributed by atoms with Crippen LogP contribution in [-0.4, -0.2) is 12.3 Å². The third kappa shape index (κ3) is 2.22. The second kappa shape index (κ2) is 4.24. The standard InChI is InChI=1S/C13H13NO/c14-13(9-15)8-10-5-6-11-3-1-2-4-12(11)7-10/h1-7,9,13H,8,14H2. The van der Waals surface area contributed by atoms with Gasteiger partial charge < -0.3 is 10.5 Å². The van der Waals surface area contributed by atoms with Gasteiger partial charge in [-0.25, -0.2) is 0 Å². The van der Waals surface area contributed by atoms with E-state index in [1.165, 1.54) is 10.8 Å². The fourth-order valence-electron chi connectivity index (χ4n) is 1.69. The van der Waals surface area contributed by atoms with E-state index in [-0.39, 0.29) is 0 Å². The van der Waals surface area contributed by atoms with Crippen molar-refractivity contribution in [3.63, 3.8) is 0 Å². The number of benzene rings is 2. The van der Waals surface area contributed by atoms with Crippen molar-refractivity contribution < 1.29 is 4.79 Å². The summed E-state index contributed by atoms with van der Waals surface area (Å²) in [5.41, 5.74) is 6.69. The summed E-state index contributed by atoms with van der Waals surface area (Å²) < 4.78 is 0. The number of nitrogens with two attached hydrogens (primary N) is 1. The summed E-state index contributed by atoms with van der Waals surface area (Å²) in [6.07, 6.45) is 1.39. The summed E-state index contributed by atoms with van der Waals surface area (Å²) in [4.78, 5) is 10.4. The van der Waals surface area contributed by atoms with Gasteiger partial charge in [-0.1, -0.05) is 42.5 Å². The molecule has 0 saturated carbocycles. The Hall–Kier alpha value is -1.67. The third-order valence-electron chi connectivity index (χ3n) is 2.46. The molecule has 1 unspecified atom stereocenters. The minimum atomic E-state index is -0.397.